The fourth-order valence-electron chi connectivity index (χ4n) is 5.88. The number of carbonyl (C=O) groups excluding carboxylic acids is 3. The smallest absolute Gasteiger partial charge is 0.497 e. The second kappa shape index (κ2) is 10.4. The predicted octanol–water partition coefficient (Wildman–Crippen LogP) is 3.00. The number of hydrogen-bond donors (Lipinski definition) is 3. The molecule has 0 radical (unpaired) electrons. The molecule has 2 aliphatic heterocycles. The normalized spacial score (nSPS) is 37.3. The summed E-state index contributed by atoms with van der Waals surface area (Å²) in [5.74, 6) is -2.39. The molecule has 1 spiro atoms. The molecule has 1 saturated heterocycles. The SMILES string of the molecule is COc1ccc(C[C@@H]2NC(=O)[C@@]34OC(=O)O/C=C/[C@@](C)(O)C(=O)[C@@H](C)C/C=C/[C@H]3C(O)C(C)=C(C)[C@@H]24)cc1. The molecule has 0 saturated carbocycles. The molecule has 1 aromatic carbocycles. The van der Waals surface area contributed by atoms with Gasteiger partial charge in [0.05, 0.1) is 31.3 Å². The molecule has 4 rings (SSSR count). The van der Waals surface area contributed by atoms with Crippen molar-refractivity contribution in [3.8, 4) is 5.75 Å². The van der Waals surface area contributed by atoms with E-state index in [9.17, 15) is 24.6 Å². The number of ketones is 1. The highest BCUT2D eigenvalue weighted by atomic mass is 16.7. The van der Waals surface area contributed by atoms with Gasteiger partial charge >= 0.3 is 6.16 Å². The van der Waals surface area contributed by atoms with Crippen LogP contribution in [0.4, 0.5) is 4.79 Å². The van der Waals surface area contributed by atoms with Crippen LogP contribution in [0.25, 0.3) is 0 Å². The summed E-state index contributed by atoms with van der Waals surface area (Å²) in [6.07, 6.45) is 3.71. The number of methoxy groups -OCH3 is 1. The van der Waals surface area contributed by atoms with Crippen molar-refractivity contribution in [2.75, 3.05) is 7.11 Å². The highest BCUT2D eigenvalue weighted by Crippen LogP contribution is 2.50. The van der Waals surface area contributed by atoms with Crippen molar-refractivity contribution >= 4 is 17.8 Å². The monoisotopic (exact) mass is 525 g/mol. The van der Waals surface area contributed by atoms with Crippen molar-refractivity contribution in [3.63, 3.8) is 0 Å². The fraction of sp³-hybridized carbons (Fsp3) is 0.483. The number of aliphatic hydroxyl groups excluding tert-OH is 1. The Labute approximate surface area is 222 Å². The first-order valence-corrected chi connectivity index (χ1v) is 12.7. The maximum absolute atomic E-state index is 13.8. The Hall–Kier alpha value is -3.43. The molecule has 7 atom stereocenters. The van der Waals surface area contributed by atoms with Gasteiger partial charge in [-0.2, -0.15) is 0 Å². The Morgan fingerprint density at radius 3 is 2.47 bits per heavy atom. The summed E-state index contributed by atoms with van der Waals surface area (Å²) in [6.45, 7) is 6.62. The van der Waals surface area contributed by atoms with Gasteiger partial charge in [-0.3, -0.25) is 9.59 Å². The number of cyclic esters (lactones) is 1. The zero-order valence-corrected chi connectivity index (χ0v) is 22.3. The summed E-state index contributed by atoms with van der Waals surface area (Å²) in [7, 11) is 1.59. The van der Waals surface area contributed by atoms with Gasteiger partial charge in [-0.25, -0.2) is 4.79 Å². The highest BCUT2D eigenvalue weighted by molar-refractivity contribution is 5.93. The molecule has 1 amide bonds. The second-order valence-electron chi connectivity index (χ2n) is 10.6. The first-order valence-electron chi connectivity index (χ1n) is 12.7. The molecule has 1 aliphatic carbocycles. The second-order valence-corrected chi connectivity index (χ2v) is 10.6. The van der Waals surface area contributed by atoms with Crippen LogP contribution in [0.5, 0.6) is 5.75 Å². The van der Waals surface area contributed by atoms with E-state index in [1.165, 1.54) is 6.92 Å². The van der Waals surface area contributed by atoms with Crippen molar-refractivity contribution < 1.29 is 38.8 Å². The van der Waals surface area contributed by atoms with E-state index in [2.05, 4.69) is 5.32 Å². The quantitative estimate of drug-likeness (QED) is 0.406. The lowest BCUT2D eigenvalue weighted by atomic mass is 9.63. The van der Waals surface area contributed by atoms with E-state index in [1.54, 1.807) is 33.1 Å². The van der Waals surface area contributed by atoms with E-state index in [4.69, 9.17) is 14.2 Å². The van der Waals surface area contributed by atoms with E-state index >= 15 is 0 Å². The molecule has 0 aromatic heterocycles. The van der Waals surface area contributed by atoms with Crippen LogP contribution in [0.15, 0.2) is 59.9 Å². The maximum Gasteiger partial charge on any atom is 0.514 e. The molecule has 9 heteroatoms. The Morgan fingerprint density at radius 1 is 1.13 bits per heavy atom. The summed E-state index contributed by atoms with van der Waals surface area (Å²) in [4.78, 5) is 39.4. The van der Waals surface area contributed by atoms with Gasteiger partial charge in [-0.1, -0.05) is 36.8 Å². The summed E-state index contributed by atoms with van der Waals surface area (Å²) >= 11 is 0. The maximum atomic E-state index is 13.8. The van der Waals surface area contributed by atoms with Crippen LogP contribution in [0, 0.1) is 17.8 Å². The molecule has 1 aromatic rings. The molecule has 3 aliphatic rings. The van der Waals surface area contributed by atoms with Crippen LogP contribution < -0.4 is 10.1 Å². The van der Waals surface area contributed by atoms with Crippen LogP contribution in [0.1, 0.15) is 39.7 Å². The van der Waals surface area contributed by atoms with Gasteiger partial charge in [-0.05, 0) is 63.0 Å². The van der Waals surface area contributed by atoms with Gasteiger partial charge < -0.3 is 29.7 Å². The van der Waals surface area contributed by atoms with E-state index in [0.29, 0.717) is 17.7 Å². The molecule has 9 nitrogen and oxygen atoms in total. The lowest BCUT2D eigenvalue weighted by molar-refractivity contribution is -0.151. The molecule has 1 fully saturated rings. The lowest BCUT2D eigenvalue weighted by Crippen LogP contribution is -2.59. The number of aliphatic hydroxyl groups is 2. The lowest BCUT2D eigenvalue weighted by Gasteiger charge is -2.45. The topological polar surface area (TPSA) is 131 Å². The number of benzene rings is 1. The Balaban J connectivity index is 1.79. The Bertz CT molecular complexity index is 1200. The first kappa shape index (κ1) is 27.6. The number of ether oxygens (including phenoxy) is 3. The van der Waals surface area contributed by atoms with Crippen molar-refractivity contribution in [1.29, 1.82) is 0 Å². The molecule has 3 N–H and O–H groups in total. The van der Waals surface area contributed by atoms with Crippen LogP contribution in [-0.2, 0) is 25.5 Å². The zero-order chi connectivity index (χ0) is 27.8. The minimum atomic E-state index is -1.86. The Morgan fingerprint density at radius 2 is 1.82 bits per heavy atom. The number of nitrogens with one attached hydrogen (secondary N) is 1. The van der Waals surface area contributed by atoms with Crippen LogP contribution >= 0.6 is 0 Å². The van der Waals surface area contributed by atoms with Gasteiger partial charge in [0.15, 0.2) is 5.78 Å². The highest BCUT2D eigenvalue weighted by Gasteiger charge is 2.66. The third-order valence-electron chi connectivity index (χ3n) is 8.11. The van der Waals surface area contributed by atoms with Gasteiger partial charge in [-0.15, -0.1) is 0 Å². The van der Waals surface area contributed by atoms with E-state index < -0.39 is 58.9 Å². The number of allylic oxidation sites excluding steroid dienone is 1. The zero-order valence-electron chi connectivity index (χ0n) is 22.3. The number of Topliss-reactive ketones (excluding diaryl/α,β-unsaturated/α-hetero) is 1. The van der Waals surface area contributed by atoms with Gasteiger partial charge in [0.25, 0.3) is 5.91 Å². The minimum absolute atomic E-state index is 0.250. The van der Waals surface area contributed by atoms with Crippen LogP contribution in [0.3, 0.4) is 0 Å². The van der Waals surface area contributed by atoms with Gasteiger partial charge in [0.2, 0.25) is 5.60 Å². The first-order chi connectivity index (χ1) is 17.9. The van der Waals surface area contributed by atoms with Gasteiger partial charge in [0, 0.05) is 12.0 Å². The molecule has 2 heterocycles. The standard InChI is InChI=1S/C29H35NO8/c1-16-7-6-8-21-24(31)18(3)17(2)23-22(15-19-9-11-20(36-5)12-10-19)30-26(33)29(21,23)38-27(34)37-14-13-28(4,35)25(16)32/h6,8-14,16,21-24,31,35H,7,15H2,1-5H3,(H,30,33)/b8-6+,14-13+/t16-,21-,22-,23-,24?,28+,29+/m0/s1. The van der Waals surface area contributed by atoms with Crippen LogP contribution in [-0.4, -0.2) is 58.5 Å². The van der Waals surface area contributed by atoms with Crippen molar-refractivity contribution in [2.24, 2.45) is 17.8 Å². The molecule has 38 heavy (non-hydrogen) atoms. The van der Waals surface area contributed by atoms with Crippen LogP contribution in [0.2, 0.25) is 0 Å². The average Bonchev–Trinajstić information content (AvgIpc) is 3.15. The minimum Gasteiger partial charge on any atom is -0.497 e. The molecule has 0 bridgehead atoms. The van der Waals surface area contributed by atoms with Gasteiger partial charge in [0.1, 0.15) is 11.4 Å². The van der Waals surface area contributed by atoms with E-state index in [1.807, 2.05) is 31.2 Å². The van der Waals surface area contributed by atoms with E-state index in [-0.39, 0.29) is 6.42 Å². The molecular weight excluding hydrogens is 490 g/mol. The number of amides is 1. The third-order valence-corrected chi connectivity index (χ3v) is 8.11. The number of carbonyl (C=O) groups is 3. The largest absolute Gasteiger partial charge is 0.514 e. The van der Waals surface area contributed by atoms with Crippen molar-refractivity contribution in [3.05, 3.63) is 65.5 Å². The predicted molar refractivity (Wildman–Crippen MR) is 138 cm³/mol. The number of rotatable bonds is 3. The van der Waals surface area contributed by atoms with Crippen molar-refractivity contribution in [2.45, 2.75) is 63.9 Å². The summed E-state index contributed by atoms with van der Waals surface area (Å²) in [6, 6.07) is 7.05. The molecule has 1 unspecified atom stereocenters. The fourth-order valence-corrected chi connectivity index (χ4v) is 5.88. The summed E-state index contributed by atoms with van der Waals surface area (Å²) < 4.78 is 16.2. The van der Waals surface area contributed by atoms with E-state index in [0.717, 1.165) is 23.5 Å². The third kappa shape index (κ3) is 4.76. The average molecular weight is 526 g/mol. The Kier molecular flexibility index (Phi) is 7.54. The number of hydrogen-bond acceptors (Lipinski definition) is 8. The summed E-state index contributed by atoms with van der Waals surface area (Å²) in [5.41, 5.74) is -1.27. The molecular formula is C29H35NO8. The van der Waals surface area contributed by atoms with Crippen molar-refractivity contribution in [1.82, 2.24) is 5.32 Å². The molecule has 204 valence electrons. The summed E-state index contributed by atoms with van der Waals surface area (Å²) in [5, 5.41) is 24.9.